The van der Waals surface area contributed by atoms with Gasteiger partial charge < -0.3 is 5.32 Å². The normalized spacial score (nSPS) is 18.7. The maximum atomic E-state index is 8.65. The second-order valence-electron chi connectivity index (χ2n) is 3.11. The molecule has 0 amide bonds. The van der Waals surface area contributed by atoms with Gasteiger partial charge in [-0.25, -0.2) is 0 Å². The predicted molar refractivity (Wildman–Crippen MR) is 49.0 cm³/mol. The highest BCUT2D eigenvalue weighted by Gasteiger charge is 2.43. The molecule has 62 valence electrons. The molecule has 1 saturated carbocycles. The molecule has 3 heteroatoms. The molecule has 0 bridgehead atoms. The summed E-state index contributed by atoms with van der Waals surface area (Å²) in [5.41, 5.74) is 0.222. The van der Waals surface area contributed by atoms with Crippen LogP contribution in [0.5, 0.6) is 0 Å². The van der Waals surface area contributed by atoms with Crippen molar-refractivity contribution in [2.75, 3.05) is 7.05 Å². The Labute approximate surface area is 75.8 Å². The van der Waals surface area contributed by atoms with E-state index in [2.05, 4.69) is 17.5 Å². The zero-order chi connectivity index (χ0) is 8.60. The number of thiophene rings is 1. The fourth-order valence-electron chi connectivity index (χ4n) is 1.40. The average molecular weight is 178 g/mol. The third kappa shape index (κ3) is 1.04. The van der Waals surface area contributed by atoms with Crippen molar-refractivity contribution in [2.45, 2.75) is 18.4 Å². The van der Waals surface area contributed by atoms with Gasteiger partial charge in [0.25, 0.3) is 0 Å². The van der Waals surface area contributed by atoms with Crippen LogP contribution in [0.25, 0.3) is 0 Å². The third-order valence-electron chi connectivity index (χ3n) is 2.42. The molecule has 2 rings (SSSR count). The second-order valence-corrected chi connectivity index (χ2v) is 4.19. The van der Waals surface area contributed by atoms with Gasteiger partial charge in [-0.05, 0) is 32.0 Å². The monoisotopic (exact) mass is 178 g/mol. The Morgan fingerprint density at radius 2 is 2.33 bits per heavy atom. The van der Waals surface area contributed by atoms with E-state index < -0.39 is 0 Å². The first-order valence-electron chi connectivity index (χ1n) is 4.00. The van der Waals surface area contributed by atoms with Crippen molar-refractivity contribution in [3.05, 3.63) is 21.9 Å². The van der Waals surface area contributed by atoms with E-state index in [4.69, 9.17) is 5.26 Å². The molecule has 1 aromatic rings. The number of hydrogen-bond acceptors (Lipinski definition) is 3. The summed E-state index contributed by atoms with van der Waals surface area (Å²) in [6.45, 7) is 0. The van der Waals surface area contributed by atoms with E-state index in [1.807, 2.05) is 13.1 Å². The van der Waals surface area contributed by atoms with Crippen LogP contribution in [-0.2, 0) is 5.54 Å². The molecule has 0 atom stereocenters. The Morgan fingerprint density at radius 1 is 1.58 bits per heavy atom. The van der Waals surface area contributed by atoms with Gasteiger partial charge in [-0.15, -0.1) is 11.3 Å². The Morgan fingerprint density at radius 3 is 2.75 bits per heavy atom. The lowest BCUT2D eigenvalue weighted by Crippen LogP contribution is -2.22. The van der Waals surface area contributed by atoms with Crippen LogP contribution in [0.3, 0.4) is 0 Å². The highest BCUT2D eigenvalue weighted by molar-refractivity contribution is 7.12. The lowest BCUT2D eigenvalue weighted by molar-refractivity contribution is 0.597. The summed E-state index contributed by atoms with van der Waals surface area (Å²) in [5, 5.41) is 12.0. The second kappa shape index (κ2) is 2.58. The summed E-state index contributed by atoms with van der Waals surface area (Å²) in [6, 6.07) is 6.12. The van der Waals surface area contributed by atoms with Crippen molar-refractivity contribution in [1.29, 1.82) is 5.26 Å². The quantitative estimate of drug-likeness (QED) is 0.750. The van der Waals surface area contributed by atoms with Gasteiger partial charge in [0, 0.05) is 4.88 Å². The van der Waals surface area contributed by atoms with Crippen molar-refractivity contribution in [1.82, 2.24) is 5.32 Å². The zero-order valence-electron chi connectivity index (χ0n) is 6.92. The Kier molecular flexibility index (Phi) is 1.67. The minimum Gasteiger partial charge on any atom is -0.310 e. The van der Waals surface area contributed by atoms with Crippen molar-refractivity contribution in [3.8, 4) is 6.07 Å². The summed E-state index contributed by atoms with van der Waals surface area (Å²) in [5.74, 6) is 0. The van der Waals surface area contributed by atoms with Crippen LogP contribution in [-0.4, -0.2) is 7.05 Å². The molecule has 1 aliphatic rings. The Balaban J connectivity index is 2.30. The van der Waals surface area contributed by atoms with Crippen molar-refractivity contribution >= 4 is 11.3 Å². The van der Waals surface area contributed by atoms with Crippen LogP contribution in [0.1, 0.15) is 22.6 Å². The molecule has 0 aliphatic heterocycles. The van der Waals surface area contributed by atoms with Gasteiger partial charge in [0.2, 0.25) is 0 Å². The third-order valence-corrected chi connectivity index (χ3v) is 3.61. The first-order valence-corrected chi connectivity index (χ1v) is 4.82. The lowest BCUT2D eigenvalue weighted by Gasteiger charge is -2.10. The molecule has 1 fully saturated rings. The van der Waals surface area contributed by atoms with E-state index >= 15 is 0 Å². The molecule has 2 nitrogen and oxygen atoms in total. The van der Waals surface area contributed by atoms with Crippen LogP contribution in [0.15, 0.2) is 12.1 Å². The number of nitrogens with one attached hydrogen (secondary N) is 1. The summed E-state index contributed by atoms with van der Waals surface area (Å²) in [7, 11) is 1.98. The number of hydrogen-bond donors (Lipinski definition) is 1. The molecule has 0 radical (unpaired) electrons. The lowest BCUT2D eigenvalue weighted by atomic mass is 10.2. The summed E-state index contributed by atoms with van der Waals surface area (Å²) in [6.07, 6.45) is 2.41. The van der Waals surface area contributed by atoms with Crippen molar-refractivity contribution in [3.63, 3.8) is 0 Å². The minimum atomic E-state index is 0.222. The van der Waals surface area contributed by atoms with Gasteiger partial charge in [0.1, 0.15) is 10.9 Å². The van der Waals surface area contributed by atoms with E-state index in [0.717, 1.165) is 4.88 Å². The fraction of sp³-hybridized carbons (Fsp3) is 0.444. The van der Waals surface area contributed by atoms with Crippen LogP contribution >= 0.6 is 11.3 Å². The molecule has 12 heavy (non-hydrogen) atoms. The van der Waals surface area contributed by atoms with E-state index in [-0.39, 0.29) is 5.54 Å². The Bertz CT molecular complexity index is 331. The molecule has 1 heterocycles. The molecule has 0 saturated heterocycles. The molecule has 0 unspecified atom stereocenters. The van der Waals surface area contributed by atoms with E-state index in [1.165, 1.54) is 17.7 Å². The van der Waals surface area contributed by atoms with E-state index in [0.29, 0.717) is 0 Å². The van der Waals surface area contributed by atoms with Crippen molar-refractivity contribution < 1.29 is 0 Å². The molecular formula is C9H10N2S. The van der Waals surface area contributed by atoms with Gasteiger partial charge >= 0.3 is 0 Å². The van der Waals surface area contributed by atoms with Gasteiger partial charge in [0.05, 0.1) is 5.54 Å². The molecule has 1 N–H and O–H groups in total. The van der Waals surface area contributed by atoms with Gasteiger partial charge in [0.15, 0.2) is 0 Å². The molecular weight excluding hydrogens is 168 g/mol. The van der Waals surface area contributed by atoms with Crippen molar-refractivity contribution in [2.24, 2.45) is 0 Å². The minimum absolute atomic E-state index is 0.222. The highest BCUT2D eigenvalue weighted by atomic mass is 32.1. The van der Waals surface area contributed by atoms with Crippen LogP contribution in [0.2, 0.25) is 0 Å². The zero-order valence-corrected chi connectivity index (χ0v) is 7.74. The summed E-state index contributed by atoms with van der Waals surface area (Å²) in [4.78, 5) is 2.12. The molecule has 0 aromatic carbocycles. The smallest absolute Gasteiger partial charge is 0.110 e. The highest BCUT2D eigenvalue weighted by Crippen LogP contribution is 2.47. The van der Waals surface area contributed by atoms with Crippen LogP contribution in [0, 0.1) is 11.3 Å². The van der Waals surface area contributed by atoms with E-state index in [1.54, 1.807) is 11.3 Å². The largest absolute Gasteiger partial charge is 0.310 e. The van der Waals surface area contributed by atoms with Gasteiger partial charge in [-0.1, -0.05) is 0 Å². The first kappa shape index (κ1) is 7.78. The van der Waals surface area contributed by atoms with Gasteiger partial charge in [-0.3, -0.25) is 0 Å². The number of nitriles is 1. The SMILES string of the molecule is CNC1(c2ccc(C#N)s2)CC1. The topological polar surface area (TPSA) is 35.8 Å². The number of rotatable bonds is 2. The fourth-order valence-corrected chi connectivity index (χ4v) is 2.46. The van der Waals surface area contributed by atoms with Gasteiger partial charge in [-0.2, -0.15) is 5.26 Å². The molecule has 1 aliphatic carbocycles. The number of nitrogens with zero attached hydrogens (tertiary/aromatic N) is 1. The average Bonchev–Trinajstić information content (AvgIpc) is 2.77. The maximum absolute atomic E-state index is 8.65. The van der Waals surface area contributed by atoms with Crippen LogP contribution < -0.4 is 5.32 Å². The first-order chi connectivity index (χ1) is 5.80. The summed E-state index contributed by atoms with van der Waals surface area (Å²) < 4.78 is 0. The Hall–Kier alpha value is -0.850. The molecule has 1 aromatic heterocycles. The summed E-state index contributed by atoms with van der Waals surface area (Å²) >= 11 is 1.60. The van der Waals surface area contributed by atoms with E-state index in [9.17, 15) is 0 Å². The van der Waals surface area contributed by atoms with Crippen LogP contribution in [0.4, 0.5) is 0 Å². The molecule has 0 spiro atoms. The standard InChI is InChI=1S/C9H10N2S/c1-11-9(4-5-9)8-3-2-7(6-10)12-8/h2-3,11H,4-5H2,1H3. The maximum Gasteiger partial charge on any atom is 0.110 e. The predicted octanol–water partition coefficient (Wildman–Crippen LogP) is 1.83.